The standard InChI is InChI=1S/C15H20FN3OS/c1-15(2)14(20)18(3)6-7-19(15)9-11-8-10(13(17)21)4-5-12(11)16/h4-5,8H,6-7,9H2,1-3H3,(H2,17,21). The predicted octanol–water partition coefficient (Wildman–Crippen LogP) is 1.51. The molecule has 1 saturated heterocycles. The minimum absolute atomic E-state index is 0.0414. The summed E-state index contributed by atoms with van der Waals surface area (Å²) in [6.07, 6.45) is 0. The zero-order chi connectivity index (χ0) is 15.8. The van der Waals surface area contributed by atoms with Crippen LogP contribution in [0.2, 0.25) is 0 Å². The Balaban J connectivity index is 2.27. The van der Waals surface area contributed by atoms with E-state index in [0.29, 0.717) is 30.8 Å². The molecule has 1 amide bonds. The molecular formula is C15H20FN3OS. The van der Waals surface area contributed by atoms with Crippen molar-refractivity contribution in [1.82, 2.24) is 9.80 Å². The number of likely N-dealkylation sites (N-methyl/N-ethyl adjacent to an activating group) is 1. The Morgan fingerprint density at radius 3 is 2.71 bits per heavy atom. The van der Waals surface area contributed by atoms with Gasteiger partial charge in [-0.15, -0.1) is 0 Å². The van der Waals surface area contributed by atoms with Gasteiger partial charge in [-0.3, -0.25) is 9.69 Å². The van der Waals surface area contributed by atoms with Gasteiger partial charge in [0.05, 0.1) is 5.54 Å². The van der Waals surface area contributed by atoms with E-state index in [1.54, 1.807) is 24.1 Å². The van der Waals surface area contributed by atoms with E-state index in [-0.39, 0.29) is 16.7 Å². The fraction of sp³-hybridized carbons (Fsp3) is 0.467. The largest absolute Gasteiger partial charge is 0.389 e. The molecule has 4 nitrogen and oxygen atoms in total. The molecule has 1 aromatic rings. The summed E-state index contributed by atoms with van der Waals surface area (Å²) in [5.74, 6) is -0.267. The van der Waals surface area contributed by atoms with E-state index < -0.39 is 5.54 Å². The molecular weight excluding hydrogens is 289 g/mol. The average molecular weight is 309 g/mol. The number of nitrogens with zero attached hydrogens (tertiary/aromatic N) is 2. The van der Waals surface area contributed by atoms with Gasteiger partial charge in [0.1, 0.15) is 10.8 Å². The number of rotatable bonds is 3. The van der Waals surface area contributed by atoms with Gasteiger partial charge in [-0.05, 0) is 32.0 Å². The normalized spacial score (nSPS) is 18.9. The van der Waals surface area contributed by atoms with Gasteiger partial charge in [-0.1, -0.05) is 12.2 Å². The highest BCUT2D eigenvalue weighted by molar-refractivity contribution is 7.80. The Bertz CT molecular complexity index is 588. The number of hydrogen-bond donors (Lipinski definition) is 1. The Morgan fingerprint density at radius 1 is 1.43 bits per heavy atom. The van der Waals surface area contributed by atoms with Crippen LogP contribution in [0, 0.1) is 5.82 Å². The molecule has 0 atom stereocenters. The quantitative estimate of drug-likeness (QED) is 0.860. The van der Waals surface area contributed by atoms with Gasteiger partial charge < -0.3 is 10.6 Å². The molecule has 0 unspecified atom stereocenters. The van der Waals surface area contributed by atoms with Crippen LogP contribution in [0.15, 0.2) is 18.2 Å². The summed E-state index contributed by atoms with van der Waals surface area (Å²) >= 11 is 4.93. The first kappa shape index (κ1) is 15.9. The predicted molar refractivity (Wildman–Crippen MR) is 84.4 cm³/mol. The number of carbonyl (C=O) groups is 1. The summed E-state index contributed by atoms with van der Waals surface area (Å²) in [6.45, 7) is 5.42. The molecule has 6 heteroatoms. The first-order valence-corrected chi connectivity index (χ1v) is 7.23. The van der Waals surface area contributed by atoms with Crippen molar-refractivity contribution in [1.29, 1.82) is 0 Å². The minimum Gasteiger partial charge on any atom is -0.389 e. The topological polar surface area (TPSA) is 49.6 Å². The summed E-state index contributed by atoms with van der Waals surface area (Å²) in [5.41, 5.74) is 6.08. The lowest BCUT2D eigenvalue weighted by Crippen LogP contribution is -2.61. The fourth-order valence-electron chi connectivity index (χ4n) is 2.59. The molecule has 1 aliphatic rings. The van der Waals surface area contributed by atoms with Crippen molar-refractivity contribution in [3.63, 3.8) is 0 Å². The van der Waals surface area contributed by atoms with Crippen molar-refractivity contribution in [2.45, 2.75) is 25.9 Å². The number of carbonyl (C=O) groups excluding carboxylic acids is 1. The van der Waals surface area contributed by atoms with Gasteiger partial charge in [-0.25, -0.2) is 4.39 Å². The molecule has 1 heterocycles. The van der Waals surface area contributed by atoms with E-state index in [1.807, 2.05) is 18.7 Å². The van der Waals surface area contributed by atoms with E-state index in [9.17, 15) is 9.18 Å². The maximum Gasteiger partial charge on any atom is 0.242 e. The molecule has 2 N–H and O–H groups in total. The smallest absolute Gasteiger partial charge is 0.242 e. The van der Waals surface area contributed by atoms with E-state index in [0.717, 1.165) is 0 Å². The highest BCUT2D eigenvalue weighted by Crippen LogP contribution is 2.25. The second kappa shape index (κ2) is 5.69. The summed E-state index contributed by atoms with van der Waals surface area (Å²) in [5, 5.41) is 0. The molecule has 0 aromatic heterocycles. The monoisotopic (exact) mass is 309 g/mol. The minimum atomic E-state index is -0.654. The second-order valence-electron chi connectivity index (χ2n) is 5.88. The zero-order valence-corrected chi connectivity index (χ0v) is 13.3. The van der Waals surface area contributed by atoms with Crippen molar-refractivity contribution in [3.8, 4) is 0 Å². The summed E-state index contributed by atoms with van der Waals surface area (Å²) < 4.78 is 14.0. The molecule has 1 aliphatic heterocycles. The van der Waals surface area contributed by atoms with E-state index in [2.05, 4.69) is 0 Å². The van der Waals surface area contributed by atoms with Crippen molar-refractivity contribution >= 4 is 23.1 Å². The molecule has 1 fully saturated rings. The Morgan fingerprint density at radius 2 is 2.10 bits per heavy atom. The highest BCUT2D eigenvalue weighted by Gasteiger charge is 2.40. The third-order valence-electron chi connectivity index (χ3n) is 4.06. The molecule has 21 heavy (non-hydrogen) atoms. The Kier molecular flexibility index (Phi) is 4.30. The molecule has 0 saturated carbocycles. The van der Waals surface area contributed by atoms with Crippen LogP contribution in [0.5, 0.6) is 0 Å². The van der Waals surface area contributed by atoms with Crippen LogP contribution in [-0.4, -0.2) is 46.4 Å². The van der Waals surface area contributed by atoms with Gasteiger partial charge >= 0.3 is 0 Å². The third-order valence-corrected chi connectivity index (χ3v) is 4.29. The third kappa shape index (κ3) is 3.06. The maximum absolute atomic E-state index is 14.0. The van der Waals surface area contributed by atoms with Crippen LogP contribution in [0.4, 0.5) is 4.39 Å². The number of hydrogen-bond acceptors (Lipinski definition) is 3. The molecule has 114 valence electrons. The first-order chi connectivity index (χ1) is 9.73. The lowest BCUT2D eigenvalue weighted by molar-refractivity contribution is -0.147. The van der Waals surface area contributed by atoms with Crippen molar-refractivity contribution in [3.05, 3.63) is 35.1 Å². The number of thiocarbonyl (C=S) groups is 1. The van der Waals surface area contributed by atoms with Crippen molar-refractivity contribution in [2.24, 2.45) is 5.73 Å². The van der Waals surface area contributed by atoms with Gasteiger partial charge in [0, 0.05) is 37.8 Å². The summed E-state index contributed by atoms with van der Waals surface area (Å²) in [6, 6.07) is 4.60. The molecule has 0 bridgehead atoms. The summed E-state index contributed by atoms with van der Waals surface area (Å²) in [7, 11) is 1.79. The number of piperazine rings is 1. The number of nitrogens with two attached hydrogens (primary N) is 1. The van der Waals surface area contributed by atoms with Crippen molar-refractivity contribution in [2.75, 3.05) is 20.1 Å². The van der Waals surface area contributed by atoms with Gasteiger partial charge in [-0.2, -0.15) is 0 Å². The number of benzene rings is 1. The van der Waals surface area contributed by atoms with Crippen LogP contribution in [-0.2, 0) is 11.3 Å². The van der Waals surface area contributed by atoms with E-state index in [4.69, 9.17) is 18.0 Å². The number of amides is 1. The van der Waals surface area contributed by atoms with Crippen LogP contribution in [0.1, 0.15) is 25.0 Å². The number of halogens is 1. The molecule has 0 radical (unpaired) electrons. The molecule has 0 spiro atoms. The summed E-state index contributed by atoms with van der Waals surface area (Å²) in [4.78, 5) is 16.2. The van der Waals surface area contributed by atoms with Gasteiger partial charge in [0.25, 0.3) is 0 Å². The van der Waals surface area contributed by atoms with E-state index in [1.165, 1.54) is 6.07 Å². The maximum atomic E-state index is 14.0. The average Bonchev–Trinajstić information content (AvgIpc) is 2.41. The van der Waals surface area contributed by atoms with E-state index >= 15 is 0 Å². The van der Waals surface area contributed by atoms with Gasteiger partial charge in [0.2, 0.25) is 5.91 Å². The Hall–Kier alpha value is -1.53. The van der Waals surface area contributed by atoms with Gasteiger partial charge in [0.15, 0.2) is 0 Å². The van der Waals surface area contributed by atoms with Crippen molar-refractivity contribution < 1.29 is 9.18 Å². The SMILES string of the molecule is CN1CCN(Cc2cc(C(N)=S)ccc2F)C(C)(C)C1=O. The molecule has 0 aliphatic carbocycles. The van der Waals surface area contributed by atoms with Crippen LogP contribution >= 0.6 is 12.2 Å². The molecule has 2 rings (SSSR count). The highest BCUT2D eigenvalue weighted by atomic mass is 32.1. The lowest BCUT2D eigenvalue weighted by Gasteiger charge is -2.44. The van der Waals surface area contributed by atoms with Crippen LogP contribution < -0.4 is 5.73 Å². The van der Waals surface area contributed by atoms with Crippen LogP contribution in [0.25, 0.3) is 0 Å². The second-order valence-corrected chi connectivity index (χ2v) is 6.32. The zero-order valence-electron chi connectivity index (χ0n) is 12.5. The fourth-order valence-corrected chi connectivity index (χ4v) is 2.71. The molecule has 1 aromatic carbocycles. The Labute approximate surface area is 129 Å². The first-order valence-electron chi connectivity index (χ1n) is 6.82. The van der Waals surface area contributed by atoms with Crippen LogP contribution in [0.3, 0.4) is 0 Å². The lowest BCUT2D eigenvalue weighted by atomic mass is 9.96.